The molecule has 0 N–H and O–H groups in total. The smallest absolute Gasteiger partial charge is 0.342 e. The molecule has 0 radical (unpaired) electrons. The molecular weight excluding hydrogens is 344 g/mol. The third-order valence-electron chi connectivity index (χ3n) is 4.55. The van der Waals surface area contributed by atoms with Crippen LogP contribution in [0.15, 0.2) is 42.5 Å². The average molecular weight is 372 g/mol. The summed E-state index contributed by atoms with van der Waals surface area (Å²) in [6, 6.07) is 13.6. The molecule has 0 bridgehead atoms. The lowest BCUT2D eigenvalue weighted by Crippen LogP contribution is -2.20. The van der Waals surface area contributed by atoms with Crippen molar-refractivity contribution >= 4 is 5.97 Å². The van der Waals surface area contributed by atoms with E-state index in [4.69, 9.17) is 18.9 Å². The van der Waals surface area contributed by atoms with E-state index in [1.54, 1.807) is 20.3 Å². The Hall–Kier alpha value is -2.53. The summed E-state index contributed by atoms with van der Waals surface area (Å²) in [6.45, 7) is 7.38. The van der Waals surface area contributed by atoms with Gasteiger partial charge in [-0.15, -0.1) is 0 Å². The zero-order valence-electron chi connectivity index (χ0n) is 16.7. The molecule has 0 saturated heterocycles. The first-order chi connectivity index (χ1) is 12.9. The van der Waals surface area contributed by atoms with Crippen molar-refractivity contribution in [2.45, 2.75) is 26.2 Å². The van der Waals surface area contributed by atoms with Crippen molar-refractivity contribution in [2.24, 2.45) is 0 Å². The summed E-state index contributed by atoms with van der Waals surface area (Å²) in [5.41, 5.74) is 2.21. The first kappa shape index (κ1) is 20.8. The maximum absolute atomic E-state index is 12.5. The predicted octanol–water partition coefficient (Wildman–Crippen LogP) is 4.22. The number of rotatable bonds is 9. The lowest BCUT2D eigenvalue weighted by atomic mass is 9.77. The van der Waals surface area contributed by atoms with Gasteiger partial charge in [-0.2, -0.15) is 0 Å². The number of benzene rings is 2. The van der Waals surface area contributed by atoms with Gasteiger partial charge in [0.1, 0.15) is 23.7 Å². The summed E-state index contributed by atoms with van der Waals surface area (Å²) in [7, 11) is 3.10. The molecule has 0 aromatic heterocycles. The molecule has 0 unspecified atom stereocenters. The fraction of sp³-hybridized carbons (Fsp3) is 0.409. The minimum atomic E-state index is -0.423. The van der Waals surface area contributed by atoms with Crippen LogP contribution >= 0.6 is 0 Å². The average Bonchev–Trinajstić information content (AvgIpc) is 2.68. The Labute approximate surface area is 161 Å². The lowest BCUT2D eigenvalue weighted by molar-refractivity contribution is 0.0384. The van der Waals surface area contributed by atoms with Crippen LogP contribution in [0.4, 0.5) is 0 Å². The van der Waals surface area contributed by atoms with Crippen LogP contribution in [0.1, 0.15) is 42.3 Å². The molecule has 2 rings (SSSR count). The zero-order valence-corrected chi connectivity index (χ0v) is 16.7. The van der Waals surface area contributed by atoms with Gasteiger partial charge < -0.3 is 18.9 Å². The number of carbonyl (C=O) groups excluding carboxylic acids is 1. The van der Waals surface area contributed by atoms with E-state index in [1.807, 2.05) is 43.3 Å². The van der Waals surface area contributed by atoms with Gasteiger partial charge in [-0.05, 0) is 42.3 Å². The molecule has 2 aromatic carbocycles. The third kappa shape index (κ3) is 5.01. The lowest BCUT2D eigenvalue weighted by Gasteiger charge is -2.27. The van der Waals surface area contributed by atoms with Crippen LogP contribution in [0, 0.1) is 0 Å². The molecule has 0 atom stereocenters. The first-order valence-corrected chi connectivity index (χ1v) is 9.02. The van der Waals surface area contributed by atoms with Crippen LogP contribution < -0.4 is 9.47 Å². The molecule has 0 fully saturated rings. The van der Waals surface area contributed by atoms with Crippen LogP contribution in [0.5, 0.6) is 11.5 Å². The SMILES string of the molecule is CCOc1ccc(C(C)(C)c2ccc(OC)c(C(=O)OCCOC)c2)cc1. The van der Waals surface area contributed by atoms with E-state index in [2.05, 4.69) is 13.8 Å². The highest BCUT2D eigenvalue weighted by molar-refractivity contribution is 5.93. The number of ether oxygens (including phenoxy) is 4. The highest BCUT2D eigenvalue weighted by atomic mass is 16.6. The van der Waals surface area contributed by atoms with Crippen molar-refractivity contribution in [3.63, 3.8) is 0 Å². The molecule has 0 amide bonds. The standard InChI is InChI=1S/C22H28O5/c1-6-26-18-10-7-16(8-11-18)22(2,3)17-9-12-20(25-5)19(15-17)21(23)27-14-13-24-4/h7-12,15H,6,13-14H2,1-5H3. The third-order valence-corrected chi connectivity index (χ3v) is 4.55. The van der Waals surface area contributed by atoms with E-state index in [0.717, 1.165) is 16.9 Å². The Kier molecular flexibility index (Phi) is 7.25. The maximum atomic E-state index is 12.5. The van der Waals surface area contributed by atoms with E-state index < -0.39 is 5.97 Å². The molecule has 5 nitrogen and oxygen atoms in total. The van der Waals surface area contributed by atoms with Crippen LogP contribution in [0.25, 0.3) is 0 Å². The summed E-state index contributed by atoms with van der Waals surface area (Å²) in [5, 5.41) is 0. The van der Waals surface area contributed by atoms with Crippen LogP contribution in [-0.2, 0) is 14.9 Å². The number of methoxy groups -OCH3 is 2. The number of esters is 1. The van der Waals surface area contributed by atoms with Gasteiger partial charge in [-0.1, -0.05) is 32.0 Å². The van der Waals surface area contributed by atoms with Crippen LogP contribution in [-0.4, -0.2) is 40.0 Å². The highest BCUT2D eigenvalue weighted by Crippen LogP contribution is 2.35. The van der Waals surface area contributed by atoms with E-state index in [9.17, 15) is 4.79 Å². The summed E-state index contributed by atoms with van der Waals surface area (Å²) >= 11 is 0. The second kappa shape index (κ2) is 9.42. The molecule has 5 heteroatoms. The van der Waals surface area contributed by atoms with Gasteiger partial charge in [0.25, 0.3) is 0 Å². The van der Waals surface area contributed by atoms with E-state index in [1.165, 1.54) is 0 Å². The van der Waals surface area contributed by atoms with Gasteiger partial charge in [0.05, 0.1) is 20.3 Å². The summed E-state index contributed by atoms with van der Waals surface area (Å²) < 4.78 is 21.1. The fourth-order valence-corrected chi connectivity index (χ4v) is 2.85. The number of hydrogen-bond acceptors (Lipinski definition) is 5. The van der Waals surface area contributed by atoms with E-state index >= 15 is 0 Å². The topological polar surface area (TPSA) is 54.0 Å². The Morgan fingerprint density at radius 2 is 1.63 bits per heavy atom. The molecule has 2 aromatic rings. The molecule has 0 spiro atoms. The second-order valence-electron chi connectivity index (χ2n) is 6.63. The van der Waals surface area contributed by atoms with Gasteiger partial charge in [-0.3, -0.25) is 0 Å². The van der Waals surface area contributed by atoms with Gasteiger partial charge in [0.2, 0.25) is 0 Å². The fourth-order valence-electron chi connectivity index (χ4n) is 2.85. The largest absolute Gasteiger partial charge is 0.496 e. The molecular formula is C22H28O5. The molecule has 0 aliphatic heterocycles. The molecule has 0 aliphatic rings. The van der Waals surface area contributed by atoms with Crippen LogP contribution in [0.2, 0.25) is 0 Å². The molecule has 27 heavy (non-hydrogen) atoms. The van der Waals surface area contributed by atoms with Crippen molar-refractivity contribution in [1.82, 2.24) is 0 Å². The zero-order chi connectivity index (χ0) is 19.9. The Morgan fingerprint density at radius 1 is 0.963 bits per heavy atom. The number of carbonyl (C=O) groups is 1. The van der Waals surface area contributed by atoms with Crippen molar-refractivity contribution in [2.75, 3.05) is 34.0 Å². The van der Waals surface area contributed by atoms with Gasteiger partial charge >= 0.3 is 5.97 Å². The monoisotopic (exact) mass is 372 g/mol. The minimum Gasteiger partial charge on any atom is -0.496 e. The minimum absolute atomic E-state index is 0.199. The van der Waals surface area contributed by atoms with Crippen molar-refractivity contribution < 1.29 is 23.7 Å². The van der Waals surface area contributed by atoms with Crippen molar-refractivity contribution in [3.8, 4) is 11.5 Å². The van der Waals surface area contributed by atoms with Gasteiger partial charge in [0, 0.05) is 12.5 Å². The first-order valence-electron chi connectivity index (χ1n) is 9.02. The number of hydrogen-bond donors (Lipinski definition) is 0. The van der Waals surface area contributed by atoms with Crippen molar-refractivity contribution in [1.29, 1.82) is 0 Å². The summed E-state index contributed by atoms with van der Waals surface area (Å²) in [6.07, 6.45) is 0. The molecule has 0 heterocycles. The second-order valence-corrected chi connectivity index (χ2v) is 6.63. The summed E-state index contributed by atoms with van der Waals surface area (Å²) in [5.74, 6) is 0.908. The summed E-state index contributed by atoms with van der Waals surface area (Å²) in [4.78, 5) is 12.5. The van der Waals surface area contributed by atoms with E-state index in [-0.39, 0.29) is 12.0 Å². The Bertz CT molecular complexity index is 750. The van der Waals surface area contributed by atoms with Gasteiger partial charge in [0.15, 0.2) is 0 Å². The normalized spacial score (nSPS) is 11.1. The van der Waals surface area contributed by atoms with E-state index in [0.29, 0.717) is 24.5 Å². The molecule has 0 saturated carbocycles. The molecule has 146 valence electrons. The van der Waals surface area contributed by atoms with Crippen molar-refractivity contribution in [3.05, 3.63) is 59.2 Å². The Balaban J connectivity index is 2.33. The van der Waals surface area contributed by atoms with Gasteiger partial charge in [-0.25, -0.2) is 4.79 Å². The van der Waals surface area contributed by atoms with Crippen LogP contribution in [0.3, 0.4) is 0 Å². The molecule has 0 aliphatic carbocycles. The highest BCUT2D eigenvalue weighted by Gasteiger charge is 2.26. The quantitative estimate of drug-likeness (QED) is 0.487. The predicted molar refractivity (Wildman–Crippen MR) is 105 cm³/mol. The maximum Gasteiger partial charge on any atom is 0.342 e. The Morgan fingerprint density at radius 3 is 2.22 bits per heavy atom.